The second-order valence-electron chi connectivity index (χ2n) is 4.65. The van der Waals surface area contributed by atoms with Gasteiger partial charge in [0.1, 0.15) is 16.6 Å². The average Bonchev–Trinajstić information content (AvgIpc) is 2.94. The zero-order valence-corrected chi connectivity index (χ0v) is 12.8. The quantitative estimate of drug-likeness (QED) is 0.710. The summed E-state index contributed by atoms with van der Waals surface area (Å²) in [6, 6.07) is 9.14. The summed E-state index contributed by atoms with van der Waals surface area (Å²) in [7, 11) is 1.85. The van der Waals surface area contributed by atoms with E-state index in [1.54, 1.807) is 23.5 Å². The minimum Gasteiger partial charge on any atom is -0.508 e. The van der Waals surface area contributed by atoms with E-state index in [1.165, 1.54) is 0 Å². The highest BCUT2D eigenvalue weighted by molar-refractivity contribution is 7.19. The maximum Gasteiger partial charge on any atom is 0.125 e. The normalized spacial score (nSPS) is 11.7. The molecule has 22 heavy (non-hydrogen) atoms. The van der Waals surface area contributed by atoms with Gasteiger partial charge in [0.25, 0.3) is 0 Å². The van der Waals surface area contributed by atoms with Crippen LogP contribution in [0.2, 0.25) is 0 Å². The molecule has 0 amide bonds. The number of rotatable bonds is 4. The number of aromatic hydroxyl groups is 1. The van der Waals surface area contributed by atoms with Crippen LogP contribution >= 0.6 is 11.3 Å². The van der Waals surface area contributed by atoms with E-state index in [0.717, 1.165) is 26.6 Å². The lowest BCUT2D eigenvalue weighted by Gasteiger charge is -1.97. The molecule has 0 saturated heterocycles. The number of nitrogens with zero attached hydrogens (tertiary/aromatic N) is 2. The Morgan fingerprint density at radius 2 is 2.00 bits per heavy atom. The number of fused-ring (bicyclic) bond motifs is 1. The fraction of sp³-hybridized carbons (Fsp3) is 0.0588. The number of pyridine rings is 1. The molecule has 0 aliphatic heterocycles. The molecule has 2 N–H and O–H groups in total. The Bertz CT molecular complexity index is 835. The van der Waals surface area contributed by atoms with Crippen LogP contribution < -0.4 is 5.32 Å². The maximum atomic E-state index is 9.46. The molecule has 5 heteroatoms. The highest BCUT2D eigenvalue weighted by Crippen LogP contribution is 2.26. The van der Waals surface area contributed by atoms with Crippen molar-refractivity contribution in [3.8, 4) is 5.75 Å². The third kappa shape index (κ3) is 3.32. The predicted octanol–water partition coefficient (Wildman–Crippen LogP) is 4.17. The van der Waals surface area contributed by atoms with Gasteiger partial charge in [0.2, 0.25) is 0 Å². The smallest absolute Gasteiger partial charge is 0.125 e. The monoisotopic (exact) mass is 309 g/mol. The number of phenolic OH excluding ortho intramolecular Hbond substituents is 1. The predicted molar refractivity (Wildman–Crippen MR) is 93.1 cm³/mol. The van der Waals surface area contributed by atoms with Gasteiger partial charge >= 0.3 is 0 Å². The van der Waals surface area contributed by atoms with Crippen LogP contribution in [-0.4, -0.2) is 22.1 Å². The topological polar surface area (TPSA) is 58.0 Å². The van der Waals surface area contributed by atoms with E-state index in [0.29, 0.717) is 0 Å². The Morgan fingerprint density at radius 3 is 2.77 bits per heavy atom. The molecule has 0 unspecified atom stereocenters. The van der Waals surface area contributed by atoms with Gasteiger partial charge < -0.3 is 10.4 Å². The zero-order valence-electron chi connectivity index (χ0n) is 12.0. The standard InChI is InChI=1S/C17H15N3OS/c1-18-16-9-6-12(11-19-16)4-2-3-5-17-20-14-8-7-13(21)10-15(14)22-17/h2-11,21H,1H3,(H,18,19)/b4-2+,5-3+. The van der Waals surface area contributed by atoms with Gasteiger partial charge in [-0.1, -0.05) is 18.2 Å². The third-order valence-electron chi connectivity index (χ3n) is 3.07. The fourth-order valence-electron chi connectivity index (χ4n) is 1.96. The van der Waals surface area contributed by atoms with Crippen molar-refractivity contribution in [2.75, 3.05) is 12.4 Å². The van der Waals surface area contributed by atoms with E-state index in [1.807, 2.05) is 55.7 Å². The highest BCUT2D eigenvalue weighted by atomic mass is 32.1. The van der Waals surface area contributed by atoms with Gasteiger partial charge in [0.05, 0.1) is 10.2 Å². The Hall–Kier alpha value is -2.66. The first-order valence-corrected chi connectivity index (χ1v) is 7.64. The summed E-state index contributed by atoms with van der Waals surface area (Å²) in [4.78, 5) is 8.74. The first kappa shape index (κ1) is 14.3. The van der Waals surface area contributed by atoms with Crippen LogP contribution in [0.1, 0.15) is 10.6 Å². The number of aromatic nitrogens is 2. The van der Waals surface area contributed by atoms with Crippen molar-refractivity contribution in [1.29, 1.82) is 0 Å². The van der Waals surface area contributed by atoms with E-state index >= 15 is 0 Å². The van der Waals surface area contributed by atoms with Crippen LogP contribution in [0.4, 0.5) is 5.82 Å². The van der Waals surface area contributed by atoms with Gasteiger partial charge in [0.15, 0.2) is 0 Å². The van der Waals surface area contributed by atoms with E-state index in [-0.39, 0.29) is 5.75 Å². The van der Waals surface area contributed by atoms with Gasteiger partial charge in [-0.15, -0.1) is 11.3 Å². The molecule has 0 aliphatic carbocycles. The van der Waals surface area contributed by atoms with Crippen molar-refractivity contribution >= 4 is 39.5 Å². The third-order valence-corrected chi connectivity index (χ3v) is 4.05. The summed E-state index contributed by atoms with van der Waals surface area (Å²) in [6.07, 6.45) is 9.66. The average molecular weight is 309 g/mol. The Kier molecular flexibility index (Phi) is 4.16. The van der Waals surface area contributed by atoms with Crippen LogP contribution in [0.25, 0.3) is 22.4 Å². The molecule has 3 aromatic rings. The Morgan fingerprint density at radius 1 is 1.14 bits per heavy atom. The van der Waals surface area contributed by atoms with Gasteiger partial charge in [-0.2, -0.15) is 0 Å². The van der Waals surface area contributed by atoms with Gasteiger partial charge in [-0.3, -0.25) is 0 Å². The molecule has 3 rings (SSSR count). The fourth-order valence-corrected chi connectivity index (χ4v) is 2.87. The second kappa shape index (κ2) is 6.41. The van der Waals surface area contributed by atoms with Gasteiger partial charge in [-0.25, -0.2) is 9.97 Å². The molecule has 2 aromatic heterocycles. The number of allylic oxidation sites excluding steroid dienone is 2. The molecule has 0 fully saturated rings. The molecule has 1 aromatic carbocycles. The lowest BCUT2D eigenvalue weighted by molar-refractivity contribution is 0.476. The molecule has 0 atom stereocenters. The van der Waals surface area contributed by atoms with Crippen molar-refractivity contribution in [2.45, 2.75) is 0 Å². The number of benzene rings is 1. The molecule has 0 saturated carbocycles. The van der Waals surface area contributed by atoms with Crippen LogP contribution in [0, 0.1) is 0 Å². The summed E-state index contributed by atoms with van der Waals surface area (Å²) in [6.45, 7) is 0. The summed E-state index contributed by atoms with van der Waals surface area (Å²) in [5.41, 5.74) is 1.94. The zero-order chi connectivity index (χ0) is 15.4. The largest absolute Gasteiger partial charge is 0.508 e. The lowest BCUT2D eigenvalue weighted by Crippen LogP contribution is -1.90. The molecular formula is C17H15N3OS. The SMILES string of the molecule is CNc1ccc(/C=C/C=C/c2nc3ccc(O)cc3s2)cn1. The number of hydrogen-bond acceptors (Lipinski definition) is 5. The molecular weight excluding hydrogens is 294 g/mol. The van der Waals surface area contributed by atoms with Gasteiger partial charge in [0, 0.05) is 13.2 Å². The van der Waals surface area contributed by atoms with E-state index in [2.05, 4.69) is 15.3 Å². The highest BCUT2D eigenvalue weighted by Gasteiger charge is 2.01. The molecule has 0 aliphatic rings. The minimum atomic E-state index is 0.268. The number of anilines is 1. The number of thiazole rings is 1. The minimum absolute atomic E-state index is 0.268. The maximum absolute atomic E-state index is 9.46. The van der Waals surface area contributed by atoms with Crippen LogP contribution in [0.5, 0.6) is 5.75 Å². The van der Waals surface area contributed by atoms with Crippen LogP contribution in [0.3, 0.4) is 0 Å². The number of hydrogen-bond donors (Lipinski definition) is 2. The van der Waals surface area contributed by atoms with Crippen LogP contribution in [0.15, 0.2) is 48.7 Å². The number of nitrogens with one attached hydrogen (secondary N) is 1. The second-order valence-corrected chi connectivity index (χ2v) is 5.71. The first-order chi connectivity index (χ1) is 10.7. The lowest BCUT2D eigenvalue weighted by atomic mass is 10.2. The van der Waals surface area contributed by atoms with E-state index < -0.39 is 0 Å². The molecule has 110 valence electrons. The van der Waals surface area contributed by atoms with E-state index in [9.17, 15) is 5.11 Å². The van der Waals surface area contributed by atoms with Crippen molar-refractivity contribution < 1.29 is 5.11 Å². The van der Waals surface area contributed by atoms with Crippen molar-refractivity contribution in [3.05, 3.63) is 59.3 Å². The summed E-state index contributed by atoms with van der Waals surface area (Å²) < 4.78 is 0.982. The summed E-state index contributed by atoms with van der Waals surface area (Å²) in [5, 5.41) is 13.4. The number of phenols is 1. The first-order valence-electron chi connectivity index (χ1n) is 6.83. The van der Waals surface area contributed by atoms with Crippen molar-refractivity contribution in [3.63, 3.8) is 0 Å². The van der Waals surface area contributed by atoms with Crippen LogP contribution in [-0.2, 0) is 0 Å². The summed E-state index contributed by atoms with van der Waals surface area (Å²) in [5.74, 6) is 1.12. The van der Waals surface area contributed by atoms with Crippen molar-refractivity contribution in [1.82, 2.24) is 9.97 Å². The molecule has 2 heterocycles. The Labute approximate surface area is 132 Å². The summed E-state index contributed by atoms with van der Waals surface area (Å²) >= 11 is 1.55. The molecule has 0 bridgehead atoms. The molecule has 0 spiro atoms. The van der Waals surface area contributed by atoms with Crippen molar-refractivity contribution in [2.24, 2.45) is 0 Å². The Balaban J connectivity index is 1.70. The van der Waals surface area contributed by atoms with Gasteiger partial charge in [-0.05, 0) is 42.0 Å². The molecule has 4 nitrogen and oxygen atoms in total. The molecule has 0 radical (unpaired) electrons. The van der Waals surface area contributed by atoms with E-state index in [4.69, 9.17) is 0 Å².